The van der Waals surface area contributed by atoms with E-state index in [9.17, 15) is 14.7 Å². The molecule has 3 rings (SSSR count). The second-order valence-corrected chi connectivity index (χ2v) is 7.34. The van der Waals surface area contributed by atoms with Crippen molar-refractivity contribution in [1.82, 2.24) is 9.13 Å². The van der Waals surface area contributed by atoms with Crippen molar-refractivity contribution in [2.24, 2.45) is 0 Å². The molecule has 0 saturated heterocycles. The lowest BCUT2D eigenvalue weighted by Crippen LogP contribution is -2.44. The Labute approximate surface area is 138 Å². The van der Waals surface area contributed by atoms with Crippen molar-refractivity contribution in [3.8, 4) is 5.88 Å². The minimum Gasteiger partial charge on any atom is -0.493 e. The van der Waals surface area contributed by atoms with Crippen molar-refractivity contribution in [3.63, 3.8) is 0 Å². The highest BCUT2D eigenvalue weighted by Crippen LogP contribution is 2.32. The minimum atomic E-state index is -0.388. The first-order valence-corrected chi connectivity index (χ1v) is 9.16. The summed E-state index contributed by atoms with van der Waals surface area (Å²) < 4.78 is 2.97. The molecular weight excluding hydrogens is 348 g/mol. The number of hydrogen-bond donors (Lipinski definition) is 1. The van der Waals surface area contributed by atoms with Gasteiger partial charge in [-0.2, -0.15) is 0 Å². The Morgan fingerprint density at radius 3 is 1.77 bits per heavy atom. The molecule has 2 saturated carbocycles. The highest BCUT2D eigenvalue weighted by molar-refractivity contribution is 9.10. The molecule has 1 N–H and O–H groups in total. The molecule has 122 valence electrons. The SMILES string of the molecule is O=c1c(Br)c(O)n(C2CCCCC2)c(=O)n1C1CCCCC1. The summed E-state index contributed by atoms with van der Waals surface area (Å²) in [5.74, 6) is -0.200. The van der Waals surface area contributed by atoms with Gasteiger partial charge in [0, 0.05) is 12.1 Å². The first-order valence-electron chi connectivity index (χ1n) is 8.36. The number of halogens is 1. The van der Waals surface area contributed by atoms with Crippen LogP contribution in [0.3, 0.4) is 0 Å². The van der Waals surface area contributed by atoms with Gasteiger partial charge in [0.1, 0.15) is 4.47 Å². The molecule has 5 nitrogen and oxygen atoms in total. The van der Waals surface area contributed by atoms with E-state index in [2.05, 4.69) is 15.9 Å². The Bertz CT molecular complexity index is 653. The number of nitrogens with zero attached hydrogens (tertiary/aromatic N) is 2. The lowest BCUT2D eigenvalue weighted by atomic mass is 9.94. The number of hydrogen-bond acceptors (Lipinski definition) is 3. The van der Waals surface area contributed by atoms with Crippen molar-refractivity contribution < 1.29 is 5.11 Å². The first-order chi connectivity index (χ1) is 10.6. The lowest BCUT2D eigenvalue weighted by Gasteiger charge is -2.28. The standard InChI is InChI=1S/C16H23BrN2O3/c17-13-14(20)18(11-7-3-1-4-8-11)16(22)19(15(13)21)12-9-5-2-6-10-12/h11-12,20H,1-10H2. The molecule has 0 aromatic carbocycles. The average Bonchev–Trinajstić information content (AvgIpc) is 2.55. The van der Waals surface area contributed by atoms with Crippen molar-refractivity contribution in [3.05, 3.63) is 25.3 Å². The summed E-state index contributed by atoms with van der Waals surface area (Å²) in [6.45, 7) is 0. The van der Waals surface area contributed by atoms with Crippen LogP contribution in [-0.2, 0) is 0 Å². The summed E-state index contributed by atoms with van der Waals surface area (Å²) in [6.07, 6.45) is 10.1. The summed E-state index contributed by atoms with van der Waals surface area (Å²) in [6, 6.07) is -0.0199. The van der Waals surface area contributed by atoms with Crippen LogP contribution in [0, 0.1) is 0 Å². The summed E-state index contributed by atoms with van der Waals surface area (Å²) in [7, 11) is 0. The molecule has 1 heterocycles. The van der Waals surface area contributed by atoms with Gasteiger partial charge in [-0.25, -0.2) is 4.79 Å². The molecule has 0 atom stereocenters. The van der Waals surface area contributed by atoms with E-state index in [0.717, 1.165) is 51.4 Å². The molecule has 2 aliphatic rings. The monoisotopic (exact) mass is 370 g/mol. The van der Waals surface area contributed by atoms with Crippen LogP contribution < -0.4 is 11.2 Å². The van der Waals surface area contributed by atoms with Crippen LogP contribution in [0.25, 0.3) is 0 Å². The Morgan fingerprint density at radius 1 is 0.818 bits per heavy atom. The molecule has 1 aromatic rings. The molecule has 0 unspecified atom stereocenters. The summed E-state index contributed by atoms with van der Waals surface area (Å²) in [4.78, 5) is 25.4. The number of aromatic hydroxyl groups is 1. The molecule has 0 aliphatic heterocycles. The van der Waals surface area contributed by atoms with Crippen LogP contribution in [0.2, 0.25) is 0 Å². The zero-order valence-corrected chi connectivity index (χ0v) is 14.3. The van der Waals surface area contributed by atoms with E-state index in [0.29, 0.717) is 0 Å². The first kappa shape index (κ1) is 15.8. The van der Waals surface area contributed by atoms with E-state index in [1.165, 1.54) is 22.0 Å². The normalized spacial score (nSPS) is 21.1. The van der Waals surface area contributed by atoms with Crippen molar-refractivity contribution in [2.75, 3.05) is 0 Å². The Hall–Kier alpha value is -1.04. The van der Waals surface area contributed by atoms with Crippen LogP contribution in [-0.4, -0.2) is 14.2 Å². The van der Waals surface area contributed by atoms with E-state index < -0.39 is 0 Å². The number of rotatable bonds is 2. The molecule has 2 fully saturated rings. The molecule has 0 spiro atoms. The van der Waals surface area contributed by atoms with Gasteiger partial charge < -0.3 is 5.11 Å². The van der Waals surface area contributed by atoms with Gasteiger partial charge in [0.25, 0.3) is 5.56 Å². The largest absolute Gasteiger partial charge is 0.493 e. The fraction of sp³-hybridized carbons (Fsp3) is 0.750. The maximum absolute atomic E-state index is 12.9. The average molecular weight is 371 g/mol. The van der Waals surface area contributed by atoms with E-state index in [-0.39, 0.29) is 33.7 Å². The summed E-state index contributed by atoms with van der Waals surface area (Å²) >= 11 is 3.21. The lowest BCUT2D eigenvalue weighted by molar-refractivity contribution is 0.269. The third-order valence-corrected chi connectivity index (χ3v) is 5.82. The molecular formula is C16H23BrN2O3. The smallest absolute Gasteiger partial charge is 0.334 e. The van der Waals surface area contributed by atoms with Gasteiger partial charge in [0.2, 0.25) is 5.88 Å². The third kappa shape index (κ3) is 2.77. The van der Waals surface area contributed by atoms with E-state index in [1.807, 2.05) is 0 Å². The quantitative estimate of drug-likeness (QED) is 0.866. The predicted molar refractivity (Wildman–Crippen MR) is 88.6 cm³/mol. The van der Waals surface area contributed by atoms with Crippen LogP contribution in [0.5, 0.6) is 5.88 Å². The maximum atomic E-state index is 12.9. The highest BCUT2D eigenvalue weighted by Gasteiger charge is 2.27. The second kappa shape index (κ2) is 6.60. The summed E-state index contributed by atoms with van der Waals surface area (Å²) in [5, 5.41) is 10.3. The topological polar surface area (TPSA) is 64.2 Å². The van der Waals surface area contributed by atoms with Crippen molar-refractivity contribution in [2.45, 2.75) is 76.3 Å². The highest BCUT2D eigenvalue weighted by atomic mass is 79.9. The predicted octanol–water partition coefficient (Wildman–Crippen LogP) is 3.49. The molecule has 0 radical (unpaired) electrons. The van der Waals surface area contributed by atoms with Gasteiger partial charge in [-0.05, 0) is 41.6 Å². The van der Waals surface area contributed by atoms with Crippen LogP contribution >= 0.6 is 15.9 Å². The number of aromatic nitrogens is 2. The van der Waals surface area contributed by atoms with Gasteiger partial charge in [-0.3, -0.25) is 13.9 Å². The Balaban J connectivity index is 2.11. The zero-order valence-electron chi connectivity index (χ0n) is 12.8. The molecule has 0 bridgehead atoms. The van der Waals surface area contributed by atoms with Gasteiger partial charge in [-0.1, -0.05) is 38.5 Å². The van der Waals surface area contributed by atoms with Crippen LogP contribution in [0.15, 0.2) is 14.1 Å². The minimum absolute atomic E-state index is 0.00740. The molecule has 22 heavy (non-hydrogen) atoms. The van der Waals surface area contributed by atoms with E-state index >= 15 is 0 Å². The van der Waals surface area contributed by atoms with E-state index in [1.54, 1.807) is 0 Å². The van der Waals surface area contributed by atoms with Crippen molar-refractivity contribution in [1.29, 1.82) is 0 Å². The fourth-order valence-corrected chi connectivity index (χ4v) is 4.31. The van der Waals surface area contributed by atoms with Gasteiger partial charge in [0.05, 0.1) is 0 Å². The zero-order chi connectivity index (χ0) is 15.7. The van der Waals surface area contributed by atoms with Gasteiger partial charge in [-0.15, -0.1) is 0 Å². The molecule has 2 aliphatic carbocycles. The van der Waals surface area contributed by atoms with Gasteiger partial charge >= 0.3 is 5.69 Å². The third-order valence-electron chi connectivity index (χ3n) is 5.12. The van der Waals surface area contributed by atoms with E-state index in [4.69, 9.17) is 0 Å². The van der Waals surface area contributed by atoms with Crippen LogP contribution in [0.1, 0.15) is 76.3 Å². The fourth-order valence-electron chi connectivity index (χ4n) is 3.93. The maximum Gasteiger partial charge on any atom is 0.334 e. The Morgan fingerprint density at radius 2 is 1.27 bits per heavy atom. The van der Waals surface area contributed by atoms with Crippen molar-refractivity contribution >= 4 is 15.9 Å². The van der Waals surface area contributed by atoms with Gasteiger partial charge in [0.15, 0.2) is 0 Å². The second-order valence-electron chi connectivity index (χ2n) is 6.55. The summed E-state index contributed by atoms with van der Waals surface area (Å²) in [5.41, 5.74) is -0.717. The van der Waals surface area contributed by atoms with Crippen LogP contribution in [0.4, 0.5) is 0 Å². The molecule has 6 heteroatoms. The Kier molecular flexibility index (Phi) is 4.76. The molecule has 1 aromatic heterocycles. The molecule has 0 amide bonds.